The first-order chi connectivity index (χ1) is 9.04. The van der Waals surface area contributed by atoms with E-state index in [0.29, 0.717) is 17.3 Å². The van der Waals surface area contributed by atoms with Crippen molar-refractivity contribution >= 4 is 21.8 Å². The van der Waals surface area contributed by atoms with E-state index in [1.165, 1.54) is 18.2 Å². The summed E-state index contributed by atoms with van der Waals surface area (Å²) >= 11 is 3.61. The molecule has 19 heavy (non-hydrogen) atoms. The average molecular weight is 328 g/mol. The molecule has 104 valence electrons. The number of nitrogens with one attached hydrogen (secondary N) is 1. The Hall–Kier alpha value is -1.23. The van der Waals surface area contributed by atoms with Gasteiger partial charge in [0.2, 0.25) is 0 Å². The molecule has 5 heteroatoms. The lowest BCUT2D eigenvalue weighted by atomic mass is 9.89. The molecule has 0 radical (unpaired) electrons. The van der Waals surface area contributed by atoms with Crippen molar-refractivity contribution in [2.75, 3.05) is 6.54 Å². The molecule has 0 bridgehead atoms. The lowest BCUT2D eigenvalue weighted by Gasteiger charge is -2.25. The zero-order valence-corrected chi connectivity index (χ0v) is 12.2. The van der Waals surface area contributed by atoms with Gasteiger partial charge in [-0.05, 0) is 43.7 Å². The van der Waals surface area contributed by atoms with Crippen molar-refractivity contribution in [1.29, 1.82) is 0 Å². The van der Waals surface area contributed by atoms with Gasteiger partial charge in [0.15, 0.2) is 0 Å². The second kappa shape index (κ2) is 6.28. The van der Waals surface area contributed by atoms with Crippen LogP contribution in [0.15, 0.2) is 18.2 Å². The van der Waals surface area contributed by atoms with Crippen molar-refractivity contribution in [3.05, 3.63) is 23.8 Å². The predicted octanol–water partition coefficient (Wildman–Crippen LogP) is 2.78. The van der Waals surface area contributed by atoms with Crippen LogP contribution in [0.4, 0.5) is 0 Å². The standard InChI is InChI=1S/C14H18BrNO3/c15-11-3-1-9(2-4-11)8-16-14(19)10-5-12(17)7-13(18)6-10/h5-7,9,11,17-18H,1-4,8H2,(H,16,19). The Labute approximate surface area is 121 Å². The van der Waals surface area contributed by atoms with Gasteiger partial charge in [0.25, 0.3) is 5.91 Å². The second-order valence-electron chi connectivity index (χ2n) is 5.07. The van der Waals surface area contributed by atoms with E-state index < -0.39 is 0 Å². The molecule has 2 rings (SSSR count). The van der Waals surface area contributed by atoms with Gasteiger partial charge in [-0.3, -0.25) is 4.79 Å². The first-order valence-corrected chi connectivity index (χ1v) is 7.41. The topological polar surface area (TPSA) is 69.6 Å². The van der Waals surface area contributed by atoms with E-state index in [-0.39, 0.29) is 23.0 Å². The van der Waals surface area contributed by atoms with Crippen LogP contribution in [0.1, 0.15) is 36.0 Å². The average Bonchev–Trinajstić information content (AvgIpc) is 2.36. The van der Waals surface area contributed by atoms with Gasteiger partial charge in [0.1, 0.15) is 11.5 Å². The SMILES string of the molecule is O=C(NCC1CCC(Br)CC1)c1cc(O)cc(O)c1. The zero-order valence-electron chi connectivity index (χ0n) is 10.6. The van der Waals surface area contributed by atoms with E-state index >= 15 is 0 Å². The number of phenols is 2. The van der Waals surface area contributed by atoms with Crippen LogP contribution in [0.2, 0.25) is 0 Å². The van der Waals surface area contributed by atoms with Gasteiger partial charge in [-0.1, -0.05) is 15.9 Å². The van der Waals surface area contributed by atoms with E-state index in [1.807, 2.05) is 0 Å². The number of amides is 1. The number of hydrogen-bond acceptors (Lipinski definition) is 3. The number of phenolic OH excluding ortho intramolecular Hbond substituents is 2. The lowest BCUT2D eigenvalue weighted by molar-refractivity contribution is 0.0943. The molecule has 4 nitrogen and oxygen atoms in total. The molecule has 0 saturated heterocycles. The molecule has 1 aromatic rings. The van der Waals surface area contributed by atoms with E-state index in [1.54, 1.807) is 0 Å². The summed E-state index contributed by atoms with van der Waals surface area (Å²) in [7, 11) is 0. The highest BCUT2D eigenvalue weighted by Gasteiger charge is 2.20. The van der Waals surface area contributed by atoms with Crippen molar-refractivity contribution in [3.63, 3.8) is 0 Å². The number of carbonyl (C=O) groups excluding carboxylic acids is 1. The molecule has 0 unspecified atom stereocenters. The Balaban J connectivity index is 1.87. The van der Waals surface area contributed by atoms with Crippen LogP contribution in [0.5, 0.6) is 11.5 Å². The largest absolute Gasteiger partial charge is 0.508 e. The maximum atomic E-state index is 11.9. The maximum absolute atomic E-state index is 11.9. The molecule has 3 N–H and O–H groups in total. The summed E-state index contributed by atoms with van der Waals surface area (Å²) in [5.74, 6) is 0.0470. The van der Waals surface area contributed by atoms with Crippen molar-refractivity contribution < 1.29 is 15.0 Å². The van der Waals surface area contributed by atoms with Crippen LogP contribution in [0, 0.1) is 5.92 Å². The number of halogens is 1. The molecule has 1 aliphatic rings. The van der Waals surface area contributed by atoms with Gasteiger partial charge in [-0.25, -0.2) is 0 Å². The number of benzene rings is 1. The summed E-state index contributed by atoms with van der Waals surface area (Å²) in [5.41, 5.74) is 0.284. The highest BCUT2D eigenvalue weighted by molar-refractivity contribution is 9.09. The third-order valence-corrected chi connectivity index (χ3v) is 4.41. The highest BCUT2D eigenvalue weighted by atomic mass is 79.9. The van der Waals surface area contributed by atoms with Crippen molar-refractivity contribution in [3.8, 4) is 11.5 Å². The molecule has 1 fully saturated rings. The number of hydrogen-bond donors (Lipinski definition) is 3. The summed E-state index contributed by atoms with van der Waals surface area (Å²) < 4.78 is 0. The minimum absolute atomic E-state index is 0.107. The van der Waals surface area contributed by atoms with Crippen molar-refractivity contribution in [2.45, 2.75) is 30.5 Å². The van der Waals surface area contributed by atoms with Crippen LogP contribution in [-0.2, 0) is 0 Å². The van der Waals surface area contributed by atoms with Crippen LogP contribution in [0.3, 0.4) is 0 Å². The molecular weight excluding hydrogens is 310 g/mol. The van der Waals surface area contributed by atoms with Gasteiger partial charge in [0, 0.05) is 23.0 Å². The molecule has 1 aromatic carbocycles. The fourth-order valence-corrected chi connectivity index (χ4v) is 2.92. The second-order valence-corrected chi connectivity index (χ2v) is 6.36. The van der Waals surface area contributed by atoms with Crippen molar-refractivity contribution in [1.82, 2.24) is 5.32 Å². The van der Waals surface area contributed by atoms with E-state index in [9.17, 15) is 15.0 Å². The monoisotopic (exact) mass is 327 g/mol. The summed E-state index contributed by atoms with van der Waals surface area (Å²) in [6, 6.07) is 3.91. The summed E-state index contributed by atoms with van der Waals surface area (Å²) in [5, 5.41) is 21.5. The van der Waals surface area contributed by atoms with Crippen LogP contribution < -0.4 is 5.32 Å². The third-order valence-electron chi connectivity index (χ3n) is 3.49. The first-order valence-electron chi connectivity index (χ1n) is 6.50. The number of rotatable bonds is 3. The maximum Gasteiger partial charge on any atom is 0.251 e. The minimum Gasteiger partial charge on any atom is -0.508 e. The Morgan fingerprint density at radius 3 is 2.32 bits per heavy atom. The first kappa shape index (κ1) is 14.2. The minimum atomic E-state index is -0.257. The molecule has 0 spiro atoms. The number of alkyl halides is 1. The molecular formula is C14H18BrNO3. The van der Waals surface area contributed by atoms with Crippen LogP contribution in [-0.4, -0.2) is 27.5 Å². The number of carbonyl (C=O) groups is 1. The Bertz CT molecular complexity index is 436. The summed E-state index contributed by atoms with van der Waals surface area (Å²) in [4.78, 5) is 12.5. The van der Waals surface area contributed by atoms with Crippen LogP contribution in [0.25, 0.3) is 0 Å². The third kappa shape index (κ3) is 4.13. The lowest BCUT2D eigenvalue weighted by Crippen LogP contribution is -2.31. The summed E-state index contributed by atoms with van der Waals surface area (Å²) in [6.07, 6.45) is 4.52. The van der Waals surface area contributed by atoms with E-state index in [4.69, 9.17) is 0 Å². The normalized spacial score (nSPS) is 23.0. The molecule has 1 aliphatic carbocycles. The zero-order chi connectivity index (χ0) is 13.8. The van der Waals surface area contributed by atoms with Crippen molar-refractivity contribution in [2.24, 2.45) is 5.92 Å². The molecule has 1 amide bonds. The number of aromatic hydroxyl groups is 2. The van der Waals surface area contributed by atoms with Gasteiger partial charge < -0.3 is 15.5 Å². The van der Waals surface area contributed by atoms with Gasteiger partial charge in [-0.15, -0.1) is 0 Å². The van der Waals surface area contributed by atoms with Gasteiger partial charge in [0.05, 0.1) is 0 Å². The Morgan fingerprint density at radius 2 is 1.74 bits per heavy atom. The fraction of sp³-hybridized carbons (Fsp3) is 0.500. The molecule has 0 atom stereocenters. The Kier molecular flexibility index (Phi) is 4.69. The van der Waals surface area contributed by atoms with E-state index in [0.717, 1.165) is 25.7 Å². The van der Waals surface area contributed by atoms with Gasteiger partial charge >= 0.3 is 0 Å². The smallest absolute Gasteiger partial charge is 0.251 e. The molecule has 0 aromatic heterocycles. The quantitative estimate of drug-likeness (QED) is 0.747. The summed E-state index contributed by atoms with van der Waals surface area (Å²) in [6.45, 7) is 0.648. The fourth-order valence-electron chi connectivity index (χ4n) is 2.39. The predicted molar refractivity (Wildman–Crippen MR) is 76.8 cm³/mol. The van der Waals surface area contributed by atoms with Crippen LogP contribution >= 0.6 is 15.9 Å². The Morgan fingerprint density at radius 1 is 1.16 bits per heavy atom. The molecule has 1 saturated carbocycles. The van der Waals surface area contributed by atoms with Gasteiger partial charge in [-0.2, -0.15) is 0 Å². The molecule has 0 aliphatic heterocycles. The highest BCUT2D eigenvalue weighted by Crippen LogP contribution is 2.28. The molecule has 0 heterocycles. The van der Waals surface area contributed by atoms with E-state index in [2.05, 4.69) is 21.2 Å².